The molecule has 118 valence electrons. The van der Waals surface area contributed by atoms with Crippen molar-refractivity contribution in [3.05, 3.63) is 35.9 Å². The molecule has 3 N–H and O–H groups in total. The normalized spacial score (nSPS) is 15.2. The fraction of sp³-hybridized carbons (Fsp3) is 0.562. The number of carbonyl (C=O) groups is 1. The highest BCUT2D eigenvalue weighted by Gasteiger charge is 2.16. The zero-order chi connectivity index (χ0) is 15.7. The van der Waals surface area contributed by atoms with E-state index in [1.807, 2.05) is 18.2 Å². The molecule has 3 unspecified atom stereocenters. The SMILES string of the molecule is CC(O)CSCC(CNC(=O)O)CC(C)c1ccccc1. The van der Waals surface area contributed by atoms with Crippen molar-refractivity contribution < 1.29 is 15.0 Å². The molecule has 3 atom stereocenters. The highest BCUT2D eigenvalue weighted by atomic mass is 32.2. The van der Waals surface area contributed by atoms with E-state index in [0.717, 1.165) is 12.2 Å². The minimum absolute atomic E-state index is 0.264. The van der Waals surface area contributed by atoms with E-state index in [4.69, 9.17) is 5.11 Å². The zero-order valence-corrected chi connectivity index (χ0v) is 13.5. The summed E-state index contributed by atoms with van der Waals surface area (Å²) < 4.78 is 0. The fourth-order valence-corrected chi connectivity index (χ4v) is 3.33. The van der Waals surface area contributed by atoms with E-state index in [1.54, 1.807) is 18.7 Å². The predicted molar refractivity (Wildman–Crippen MR) is 88.0 cm³/mol. The lowest BCUT2D eigenvalue weighted by atomic mass is 9.91. The van der Waals surface area contributed by atoms with Crippen LogP contribution < -0.4 is 5.32 Å². The molecule has 0 aromatic heterocycles. The van der Waals surface area contributed by atoms with E-state index in [-0.39, 0.29) is 12.0 Å². The number of amides is 1. The molecule has 1 amide bonds. The van der Waals surface area contributed by atoms with Crippen molar-refractivity contribution in [2.75, 3.05) is 18.1 Å². The molecule has 0 saturated carbocycles. The van der Waals surface area contributed by atoms with Crippen LogP contribution in [-0.4, -0.2) is 40.5 Å². The predicted octanol–water partition coefficient (Wildman–Crippen LogP) is 3.18. The molecular weight excluding hydrogens is 286 g/mol. The smallest absolute Gasteiger partial charge is 0.404 e. The Balaban J connectivity index is 2.52. The monoisotopic (exact) mass is 311 g/mol. The van der Waals surface area contributed by atoms with Crippen molar-refractivity contribution in [1.82, 2.24) is 5.32 Å². The first-order valence-electron chi connectivity index (χ1n) is 7.26. The first-order chi connectivity index (χ1) is 9.99. The Labute approximate surface area is 131 Å². The molecule has 0 heterocycles. The molecule has 0 aliphatic heterocycles. The average Bonchev–Trinajstić information content (AvgIpc) is 2.45. The third kappa shape index (κ3) is 7.97. The van der Waals surface area contributed by atoms with E-state index in [0.29, 0.717) is 18.2 Å². The second-order valence-corrected chi connectivity index (χ2v) is 6.56. The number of benzene rings is 1. The summed E-state index contributed by atoms with van der Waals surface area (Å²) in [4.78, 5) is 10.7. The van der Waals surface area contributed by atoms with Crippen LogP contribution in [0.2, 0.25) is 0 Å². The first kappa shape index (κ1) is 17.9. The average molecular weight is 311 g/mol. The highest BCUT2D eigenvalue weighted by molar-refractivity contribution is 7.99. The van der Waals surface area contributed by atoms with Crippen molar-refractivity contribution in [3.8, 4) is 0 Å². The standard InChI is InChI=1S/C16H25NO3S/c1-12(15-6-4-3-5-7-15)8-14(9-17-16(19)20)11-21-10-13(2)18/h3-7,12-14,17-18H,8-11H2,1-2H3,(H,19,20). The molecule has 1 rings (SSSR count). The second kappa shape index (κ2) is 9.68. The van der Waals surface area contributed by atoms with E-state index in [1.165, 1.54) is 5.56 Å². The number of aliphatic hydroxyl groups excluding tert-OH is 1. The summed E-state index contributed by atoms with van der Waals surface area (Å²) in [6.07, 6.45) is -0.376. The zero-order valence-electron chi connectivity index (χ0n) is 12.7. The summed E-state index contributed by atoms with van der Waals surface area (Å²) >= 11 is 1.68. The van der Waals surface area contributed by atoms with Crippen LogP contribution in [0.4, 0.5) is 4.79 Å². The van der Waals surface area contributed by atoms with Gasteiger partial charge in [0, 0.05) is 12.3 Å². The Morgan fingerprint density at radius 3 is 2.48 bits per heavy atom. The number of hydrogen-bond acceptors (Lipinski definition) is 3. The van der Waals surface area contributed by atoms with Crippen LogP contribution in [0.1, 0.15) is 31.7 Å². The van der Waals surface area contributed by atoms with Crippen LogP contribution >= 0.6 is 11.8 Å². The van der Waals surface area contributed by atoms with Gasteiger partial charge in [0.2, 0.25) is 0 Å². The third-order valence-electron chi connectivity index (χ3n) is 3.31. The Bertz CT molecular complexity index is 411. The minimum atomic E-state index is -0.979. The van der Waals surface area contributed by atoms with Gasteiger partial charge in [-0.1, -0.05) is 37.3 Å². The molecule has 0 bridgehead atoms. The number of nitrogens with one attached hydrogen (secondary N) is 1. The lowest BCUT2D eigenvalue weighted by Crippen LogP contribution is -2.29. The summed E-state index contributed by atoms with van der Waals surface area (Å²) in [5.41, 5.74) is 1.28. The van der Waals surface area contributed by atoms with Crippen LogP contribution in [0.25, 0.3) is 0 Å². The number of thioether (sulfide) groups is 1. The molecule has 5 heteroatoms. The lowest BCUT2D eigenvalue weighted by Gasteiger charge is -2.21. The molecule has 0 aliphatic rings. The summed E-state index contributed by atoms with van der Waals surface area (Å²) in [7, 11) is 0. The summed E-state index contributed by atoms with van der Waals surface area (Å²) in [6, 6.07) is 10.3. The fourth-order valence-electron chi connectivity index (χ4n) is 2.26. The van der Waals surface area contributed by atoms with Gasteiger partial charge in [-0.2, -0.15) is 11.8 Å². The molecule has 21 heavy (non-hydrogen) atoms. The van der Waals surface area contributed by atoms with E-state index >= 15 is 0 Å². The van der Waals surface area contributed by atoms with Crippen LogP contribution in [0.3, 0.4) is 0 Å². The van der Waals surface area contributed by atoms with Gasteiger partial charge in [0.15, 0.2) is 0 Å². The van der Waals surface area contributed by atoms with E-state index in [2.05, 4.69) is 24.4 Å². The van der Waals surface area contributed by atoms with Crippen LogP contribution in [0.15, 0.2) is 30.3 Å². The molecule has 0 spiro atoms. The van der Waals surface area contributed by atoms with Gasteiger partial charge < -0.3 is 15.5 Å². The van der Waals surface area contributed by atoms with Gasteiger partial charge >= 0.3 is 6.09 Å². The Kier molecular flexibility index (Phi) is 8.23. The van der Waals surface area contributed by atoms with Gasteiger partial charge in [-0.25, -0.2) is 4.79 Å². The van der Waals surface area contributed by atoms with Crippen LogP contribution in [-0.2, 0) is 0 Å². The molecular formula is C16H25NO3S. The van der Waals surface area contributed by atoms with Crippen molar-refractivity contribution in [3.63, 3.8) is 0 Å². The summed E-state index contributed by atoms with van der Waals surface area (Å²) in [5.74, 6) is 2.19. The summed E-state index contributed by atoms with van der Waals surface area (Å²) in [6.45, 7) is 4.39. The number of carboxylic acid groups (broad SMARTS) is 1. The first-order valence-corrected chi connectivity index (χ1v) is 8.42. The van der Waals surface area contributed by atoms with Gasteiger partial charge in [-0.3, -0.25) is 0 Å². The van der Waals surface area contributed by atoms with E-state index in [9.17, 15) is 9.90 Å². The molecule has 0 fully saturated rings. The van der Waals surface area contributed by atoms with Gasteiger partial charge in [-0.05, 0) is 36.5 Å². The lowest BCUT2D eigenvalue weighted by molar-refractivity contribution is 0.192. The maximum Gasteiger partial charge on any atom is 0.404 e. The molecule has 0 saturated heterocycles. The van der Waals surface area contributed by atoms with Crippen molar-refractivity contribution >= 4 is 17.9 Å². The Morgan fingerprint density at radius 2 is 1.90 bits per heavy atom. The Hall–Kier alpha value is -1.20. The number of aliphatic hydroxyl groups is 1. The van der Waals surface area contributed by atoms with Crippen molar-refractivity contribution in [2.24, 2.45) is 5.92 Å². The number of hydrogen-bond donors (Lipinski definition) is 3. The molecule has 1 aromatic carbocycles. The van der Waals surface area contributed by atoms with Crippen LogP contribution in [0.5, 0.6) is 0 Å². The Morgan fingerprint density at radius 1 is 1.24 bits per heavy atom. The van der Waals surface area contributed by atoms with Gasteiger partial charge in [0.25, 0.3) is 0 Å². The molecule has 4 nitrogen and oxygen atoms in total. The van der Waals surface area contributed by atoms with Gasteiger partial charge in [0.05, 0.1) is 6.10 Å². The van der Waals surface area contributed by atoms with Gasteiger partial charge in [0.1, 0.15) is 0 Å². The second-order valence-electron chi connectivity index (χ2n) is 5.49. The molecule has 0 aliphatic carbocycles. The maximum atomic E-state index is 10.7. The molecule has 0 radical (unpaired) electrons. The van der Waals surface area contributed by atoms with Gasteiger partial charge in [-0.15, -0.1) is 0 Å². The van der Waals surface area contributed by atoms with E-state index < -0.39 is 6.09 Å². The largest absolute Gasteiger partial charge is 0.465 e. The highest BCUT2D eigenvalue weighted by Crippen LogP contribution is 2.25. The minimum Gasteiger partial charge on any atom is -0.465 e. The molecule has 1 aromatic rings. The third-order valence-corrected chi connectivity index (χ3v) is 4.74. The van der Waals surface area contributed by atoms with Crippen molar-refractivity contribution in [2.45, 2.75) is 32.3 Å². The number of rotatable bonds is 9. The topological polar surface area (TPSA) is 69.6 Å². The van der Waals surface area contributed by atoms with Crippen molar-refractivity contribution in [1.29, 1.82) is 0 Å². The van der Waals surface area contributed by atoms with Crippen LogP contribution in [0, 0.1) is 5.92 Å². The maximum absolute atomic E-state index is 10.7. The summed E-state index contributed by atoms with van der Waals surface area (Å²) in [5, 5.41) is 20.6. The quantitative estimate of drug-likeness (QED) is 0.655.